The van der Waals surface area contributed by atoms with Crippen LogP contribution in [-0.2, 0) is 0 Å². The van der Waals surface area contributed by atoms with E-state index in [-0.39, 0.29) is 11.5 Å². The molecule has 44 heavy (non-hydrogen) atoms. The summed E-state index contributed by atoms with van der Waals surface area (Å²) in [5.41, 5.74) is 8.65. The van der Waals surface area contributed by atoms with Gasteiger partial charge in [-0.05, 0) is 81.8 Å². The van der Waals surface area contributed by atoms with Crippen LogP contribution in [0, 0.1) is 0 Å². The van der Waals surface area contributed by atoms with Crippen LogP contribution in [0.5, 0.6) is 0 Å². The monoisotopic (exact) mass is 568 g/mol. The number of nitrogens with one attached hydrogen (secondary N) is 1. The summed E-state index contributed by atoms with van der Waals surface area (Å²) in [7, 11) is 0. The Hall–Kier alpha value is -6.01. The van der Waals surface area contributed by atoms with E-state index in [2.05, 4.69) is 30.6 Å². The number of pyridine rings is 1. The molecule has 9 rings (SSSR count). The lowest BCUT2D eigenvalue weighted by Gasteiger charge is -2.27. The number of benzene rings is 5. The minimum Gasteiger partial charge on any atom is -0.359 e. The van der Waals surface area contributed by atoms with E-state index >= 15 is 0 Å². The summed E-state index contributed by atoms with van der Waals surface area (Å²) in [6.45, 7) is 8.69. The fraction of sp³-hybridized carbons (Fsp3) is 0.0263. The average Bonchev–Trinajstić information content (AvgIpc) is 3.64. The Morgan fingerprint density at radius 2 is 1.52 bits per heavy atom. The molecule has 0 saturated carbocycles. The van der Waals surface area contributed by atoms with Crippen molar-refractivity contribution in [2.45, 2.75) is 6.17 Å². The molecule has 208 valence electrons. The second-order valence-electron chi connectivity index (χ2n) is 11.4. The van der Waals surface area contributed by atoms with Gasteiger partial charge in [0.05, 0.1) is 22.4 Å². The Balaban J connectivity index is 1.28. The van der Waals surface area contributed by atoms with E-state index in [9.17, 15) is 9.59 Å². The van der Waals surface area contributed by atoms with Crippen LogP contribution in [-0.4, -0.2) is 21.5 Å². The highest BCUT2D eigenvalue weighted by molar-refractivity contribution is 6.20. The van der Waals surface area contributed by atoms with E-state index < -0.39 is 6.17 Å². The van der Waals surface area contributed by atoms with Gasteiger partial charge in [-0.25, -0.2) is 4.98 Å². The zero-order chi connectivity index (χ0) is 29.7. The van der Waals surface area contributed by atoms with Crippen molar-refractivity contribution in [3.8, 4) is 11.1 Å². The summed E-state index contributed by atoms with van der Waals surface area (Å²) in [5.74, 6) is -0.120. The van der Waals surface area contributed by atoms with Crippen LogP contribution in [0.1, 0.15) is 15.9 Å². The quantitative estimate of drug-likeness (QED) is 0.220. The lowest BCUT2D eigenvalue weighted by atomic mass is 9.88. The van der Waals surface area contributed by atoms with Gasteiger partial charge in [-0.15, -0.1) is 0 Å². The first-order valence-electron chi connectivity index (χ1n) is 14.5. The van der Waals surface area contributed by atoms with E-state index in [1.807, 2.05) is 97.1 Å². The van der Waals surface area contributed by atoms with Crippen LogP contribution in [0.3, 0.4) is 0 Å². The number of fused-ring (bicyclic) bond motifs is 9. The molecule has 2 aromatic heterocycles. The number of allylic oxidation sites excluding steroid dienone is 2. The number of carbonyl (C=O) groups is 1. The third kappa shape index (κ3) is 3.22. The van der Waals surface area contributed by atoms with Crippen molar-refractivity contribution in [3.05, 3.63) is 149 Å². The summed E-state index contributed by atoms with van der Waals surface area (Å²) in [6.07, 6.45) is 3.49. The molecule has 5 aromatic carbocycles. The number of carbonyl (C=O) groups excluding carboxylic acids is 1. The normalized spacial score (nSPS) is 17.0. The second kappa shape index (κ2) is 8.75. The van der Waals surface area contributed by atoms with E-state index in [1.165, 1.54) is 0 Å². The molecule has 2 aliphatic heterocycles. The van der Waals surface area contributed by atoms with Crippen molar-refractivity contribution < 1.29 is 4.79 Å². The summed E-state index contributed by atoms with van der Waals surface area (Å²) >= 11 is 0. The number of hydrogen-bond donors (Lipinski definition) is 1. The van der Waals surface area contributed by atoms with Crippen molar-refractivity contribution in [2.24, 2.45) is 0 Å². The third-order valence-corrected chi connectivity index (χ3v) is 8.96. The fourth-order valence-electron chi connectivity index (χ4n) is 6.89. The highest BCUT2D eigenvalue weighted by Gasteiger charge is 2.35. The molecule has 4 heterocycles. The van der Waals surface area contributed by atoms with Gasteiger partial charge in [-0.3, -0.25) is 18.9 Å². The number of anilines is 2. The van der Waals surface area contributed by atoms with Crippen molar-refractivity contribution in [1.82, 2.24) is 9.38 Å². The molecule has 2 aliphatic rings. The zero-order valence-electron chi connectivity index (χ0n) is 23.5. The molecule has 6 nitrogen and oxygen atoms in total. The Labute approximate surface area is 251 Å². The molecular formula is C38H24N4O2. The molecule has 1 amide bonds. The van der Waals surface area contributed by atoms with Crippen LogP contribution in [0.25, 0.3) is 54.9 Å². The SMILES string of the molecule is C=C1/C=C\C(=C)C2Nc3ccccc3N2C(=O)c2ccc(-c3ccc4c5c3cccc5c(=O)n3c5ccccc5nc43)c1c2. The molecule has 0 radical (unpaired) electrons. The largest absolute Gasteiger partial charge is 0.359 e. The summed E-state index contributed by atoms with van der Waals surface area (Å²) < 4.78 is 1.72. The highest BCUT2D eigenvalue weighted by atomic mass is 16.2. The van der Waals surface area contributed by atoms with Crippen molar-refractivity contribution in [2.75, 3.05) is 10.2 Å². The molecule has 1 unspecified atom stereocenters. The van der Waals surface area contributed by atoms with Gasteiger partial charge < -0.3 is 5.32 Å². The first kappa shape index (κ1) is 24.6. The van der Waals surface area contributed by atoms with Crippen LogP contribution < -0.4 is 15.8 Å². The summed E-state index contributed by atoms with van der Waals surface area (Å²) in [6, 6.07) is 31.3. The van der Waals surface area contributed by atoms with E-state index in [0.717, 1.165) is 66.4 Å². The summed E-state index contributed by atoms with van der Waals surface area (Å²) in [4.78, 5) is 34.6. The maximum atomic E-state index is 14.1. The first-order chi connectivity index (χ1) is 21.5. The van der Waals surface area contributed by atoms with Crippen molar-refractivity contribution in [1.29, 1.82) is 0 Å². The molecular weight excluding hydrogens is 544 g/mol. The van der Waals surface area contributed by atoms with Crippen LogP contribution >= 0.6 is 0 Å². The topological polar surface area (TPSA) is 66.7 Å². The molecule has 0 aliphatic carbocycles. The van der Waals surface area contributed by atoms with Gasteiger partial charge in [0, 0.05) is 21.7 Å². The number of para-hydroxylation sites is 4. The molecule has 0 spiro atoms. The minimum absolute atomic E-state index is 0.0906. The maximum Gasteiger partial charge on any atom is 0.264 e. The molecule has 1 N–H and O–H groups in total. The standard InChI is InChI=1S/C38H24N4O2/c1-21-14-15-22(2)35-39-30-10-3-5-12-32(30)41(35)37(43)23-16-17-25(29(21)20-23)24-18-19-27-34-26(24)8-7-9-28(34)38(44)42-33-13-6-4-11-31(33)40-36(27)42/h3-20,35,39H,1-2H2/b15-14-. The van der Waals surface area contributed by atoms with Crippen molar-refractivity contribution >= 4 is 61.1 Å². The van der Waals surface area contributed by atoms with Crippen LogP contribution in [0.2, 0.25) is 0 Å². The van der Waals surface area contributed by atoms with E-state index in [4.69, 9.17) is 4.98 Å². The Morgan fingerprint density at radius 3 is 2.43 bits per heavy atom. The molecule has 1 atom stereocenters. The second-order valence-corrected chi connectivity index (χ2v) is 11.4. The first-order valence-corrected chi connectivity index (χ1v) is 14.5. The number of rotatable bonds is 1. The number of hydrogen-bond acceptors (Lipinski definition) is 4. The Bertz CT molecular complexity index is 2520. The van der Waals surface area contributed by atoms with E-state index in [1.54, 1.807) is 9.30 Å². The van der Waals surface area contributed by atoms with Gasteiger partial charge in [-0.2, -0.15) is 0 Å². The van der Waals surface area contributed by atoms with Gasteiger partial charge in [0.2, 0.25) is 0 Å². The number of amides is 1. The number of nitrogens with zero attached hydrogens (tertiary/aromatic N) is 3. The lowest BCUT2D eigenvalue weighted by Crippen LogP contribution is -2.41. The predicted molar refractivity (Wildman–Crippen MR) is 179 cm³/mol. The Morgan fingerprint density at radius 1 is 0.727 bits per heavy atom. The van der Waals surface area contributed by atoms with Gasteiger partial charge in [0.1, 0.15) is 11.8 Å². The van der Waals surface area contributed by atoms with E-state index in [0.29, 0.717) is 16.6 Å². The number of imidazole rings is 1. The van der Waals surface area contributed by atoms with Crippen LogP contribution in [0.4, 0.5) is 11.4 Å². The smallest absolute Gasteiger partial charge is 0.264 e. The Kier molecular flexibility index (Phi) is 4.89. The summed E-state index contributed by atoms with van der Waals surface area (Å²) in [5, 5.41) is 6.82. The fourth-order valence-corrected chi connectivity index (χ4v) is 6.89. The minimum atomic E-state index is -0.396. The number of aromatic nitrogens is 2. The lowest BCUT2D eigenvalue weighted by molar-refractivity contribution is 0.0984. The molecule has 7 aromatic rings. The molecule has 0 saturated heterocycles. The van der Waals surface area contributed by atoms with Crippen LogP contribution in [0.15, 0.2) is 133 Å². The van der Waals surface area contributed by atoms with Gasteiger partial charge in [0.25, 0.3) is 11.5 Å². The maximum absolute atomic E-state index is 14.1. The molecule has 0 fully saturated rings. The van der Waals surface area contributed by atoms with Gasteiger partial charge in [-0.1, -0.05) is 73.8 Å². The molecule has 6 heteroatoms. The highest BCUT2D eigenvalue weighted by Crippen LogP contribution is 2.42. The van der Waals surface area contributed by atoms with Crippen molar-refractivity contribution in [3.63, 3.8) is 0 Å². The zero-order valence-corrected chi connectivity index (χ0v) is 23.5. The predicted octanol–water partition coefficient (Wildman–Crippen LogP) is 7.80. The average molecular weight is 569 g/mol. The van der Waals surface area contributed by atoms with Gasteiger partial charge >= 0.3 is 0 Å². The van der Waals surface area contributed by atoms with Gasteiger partial charge in [0.15, 0.2) is 0 Å². The third-order valence-electron chi connectivity index (χ3n) is 8.96. The molecule has 2 bridgehead atoms.